The van der Waals surface area contributed by atoms with Crippen LogP contribution < -0.4 is 19.9 Å². The second kappa shape index (κ2) is 11.1. The van der Waals surface area contributed by atoms with Gasteiger partial charge in [-0.05, 0) is 56.7 Å². The van der Waals surface area contributed by atoms with Crippen molar-refractivity contribution in [1.29, 1.82) is 0 Å². The number of benzene rings is 2. The molecule has 38 heavy (non-hydrogen) atoms. The number of fused-ring (bicyclic) bond motifs is 1. The van der Waals surface area contributed by atoms with Crippen molar-refractivity contribution in [1.82, 2.24) is 4.98 Å². The van der Waals surface area contributed by atoms with Gasteiger partial charge >= 0.3 is 0 Å². The van der Waals surface area contributed by atoms with Gasteiger partial charge < -0.3 is 30.2 Å². The zero-order valence-electron chi connectivity index (χ0n) is 21.4. The fourth-order valence-electron chi connectivity index (χ4n) is 4.26. The van der Waals surface area contributed by atoms with E-state index in [4.69, 9.17) is 53.2 Å². The smallest absolute Gasteiger partial charge is 0.163 e. The summed E-state index contributed by atoms with van der Waals surface area (Å²) in [4.78, 5) is 17.8. The number of halogens is 2. The van der Waals surface area contributed by atoms with Crippen LogP contribution in [-0.4, -0.2) is 47.9 Å². The van der Waals surface area contributed by atoms with Gasteiger partial charge in [-0.15, -0.1) is 0 Å². The lowest BCUT2D eigenvalue weighted by Gasteiger charge is -2.25. The van der Waals surface area contributed by atoms with Gasteiger partial charge in [-0.3, -0.25) is 4.79 Å². The standard InChI is InChI=1S/C28H30Cl2N2O6/c1-27(31)15-38-26-18(27)14-24(32-25(26)17-4-6-19(29)20(30)12-17)28(2,35)9-8-21(34)16-5-7-22(37-11-10-33)23(13-16)36-3/h4-7,12-14,33,35H,8-11,15,31H2,1-3H3. The summed E-state index contributed by atoms with van der Waals surface area (Å²) in [6, 6.07) is 11.7. The average molecular weight is 561 g/mol. The number of carbonyl (C=O) groups excluding carboxylic acids is 1. The molecule has 10 heteroatoms. The van der Waals surface area contributed by atoms with Crippen molar-refractivity contribution in [3.05, 3.63) is 69.3 Å². The lowest BCUT2D eigenvalue weighted by Crippen LogP contribution is -2.35. The van der Waals surface area contributed by atoms with Gasteiger partial charge in [0.2, 0.25) is 0 Å². The Morgan fingerprint density at radius 2 is 1.95 bits per heavy atom. The maximum absolute atomic E-state index is 13.0. The quantitative estimate of drug-likeness (QED) is 0.300. The van der Waals surface area contributed by atoms with Crippen LogP contribution in [0, 0.1) is 0 Å². The fraction of sp³-hybridized carbons (Fsp3) is 0.357. The summed E-state index contributed by atoms with van der Waals surface area (Å²) >= 11 is 12.4. The molecule has 0 fully saturated rings. The number of nitrogens with two attached hydrogens (primary N) is 1. The predicted molar refractivity (Wildman–Crippen MR) is 145 cm³/mol. The van der Waals surface area contributed by atoms with Gasteiger partial charge in [0, 0.05) is 23.1 Å². The van der Waals surface area contributed by atoms with Crippen LogP contribution in [0.4, 0.5) is 0 Å². The monoisotopic (exact) mass is 560 g/mol. The van der Waals surface area contributed by atoms with Crippen molar-refractivity contribution in [2.45, 2.75) is 37.8 Å². The number of carbonyl (C=O) groups is 1. The highest BCUT2D eigenvalue weighted by Gasteiger charge is 2.38. The van der Waals surface area contributed by atoms with Crippen LogP contribution in [0.2, 0.25) is 10.0 Å². The molecule has 0 spiro atoms. The van der Waals surface area contributed by atoms with Crippen molar-refractivity contribution < 1.29 is 29.2 Å². The minimum atomic E-state index is -1.46. The minimum absolute atomic E-state index is 0.0459. The first-order valence-electron chi connectivity index (χ1n) is 12.1. The second-order valence-electron chi connectivity index (χ2n) is 9.70. The summed E-state index contributed by atoms with van der Waals surface area (Å²) < 4.78 is 16.7. The van der Waals surface area contributed by atoms with Gasteiger partial charge in [0.1, 0.15) is 24.5 Å². The maximum Gasteiger partial charge on any atom is 0.163 e. The first-order chi connectivity index (χ1) is 18.0. The molecule has 3 aromatic rings. The number of nitrogens with zero attached hydrogens (tertiary/aromatic N) is 1. The maximum atomic E-state index is 13.0. The van der Waals surface area contributed by atoms with Gasteiger partial charge in [-0.1, -0.05) is 29.3 Å². The van der Waals surface area contributed by atoms with E-state index < -0.39 is 11.1 Å². The van der Waals surface area contributed by atoms with E-state index >= 15 is 0 Å². The Labute approximate surface area is 231 Å². The molecule has 0 amide bonds. The summed E-state index contributed by atoms with van der Waals surface area (Å²) in [5, 5.41) is 21.2. The fourth-order valence-corrected chi connectivity index (χ4v) is 4.56. The largest absolute Gasteiger partial charge is 0.493 e. The van der Waals surface area contributed by atoms with E-state index in [2.05, 4.69) is 0 Å². The number of aromatic nitrogens is 1. The van der Waals surface area contributed by atoms with Gasteiger partial charge in [-0.2, -0.15) is 0 Å². The Hall–Kier alpha value is -2.88. The highest BCUT2D eigenvalue weighted by atomic mass is 35.5. The van der Waals surface area contributed by atoms with Gasteiger partial charge in [0.25, 0.3) is 0 Å². The highest BCUT2D eigenvalue weighted by molar-refractivity contribution is 6.42. The molecule has 2 atom stereocenters. The van der Waals surface area contributed by atoms with E-state index in [0.717, 1.165) is 0 Å². The van der Waals surface area contributed by atoms with E-state index in [-0.39, 0.29) is 38.4 Å². The zero-order chi connectivity index (χ0) is 27.7. The summed E-state index contributed by atoms with van der Waals surface area (Å²) in [5.41, 5.74) is 6.88. The van der Waals surface area contributed by atoms with Crippen LogP contribution in [-0.2, 0) is 11.1 Å². The number of Topliss-reactive ketones (excluding diaryl/α,β-unsaturated/α-hetero) is 1. The minimum Gasteiger partial charge on any atom is -0.493 e. The molecule has 2 heterocycles. The molecule has 1 aliphatic rings. The van der Waals surface area contributed by atoms with Crippen molar-refractivity contribution in [2.24, 2.45) is 5.73 Å². The van der Waals surface area contributed by atoms with Crippen molar-refractivity contribution in [2.75, 3.05) is 26.9 Å². The summed E-state index contributed by atoms with van der Waals surface area (Å²) in [7, 11) is 1.47. The molecule has 2 unspecified atom stereocenters. The number of rotatable bonds is 10. The Kier molecular flexibility index (Phi) is 8.20. The summed E-state index contributed by atoms with van der Waals surface area (Å²) in [5.74, 6) is 1.15. The Balaban J connectivity index is 1.62. The number of aliphatic hydroxyl groups is 2. The van der Waals surface area contributed by atoms with E-state index in [1.54, 1.807) is 49.4 Å². The number of ether oxygens (including phenoxy) is 3. The van der Waals surface area contributed by atoms with E-state index in [1.165, 1.54) is 7.11 Å². The molecule has 0 aliphatic carbocycles. The molecule has 8 nitrogen and oxygen atoms in total. The molecule has 202 valence electrons. The molecule has 0 saturated carbocycles. The van der Waals surface area contributed by atoms with Gasteiger partial charge in [-0.25, -0.2) is 4.98 Å². The number of methoxy groups -OCH3 is 1. The molecule has 1 aromatic heterocycles. The van der Waals surface area contributed by atoms with Crippen LogP contribution in [0.3, 0.4) is 0 Å². The third-order valence-corrected chi connectivity index (χ3v) is 7.26. The number of pyridine rings is 1. The number of aliphatic hydroxyl groups excluding tert-OH is 1. The van der Waals surface area contributed by atoms with Gasteiger partial charge in [0.15, 0.2) is 23.0 Å². The lowest BCUT2D eigenvalue weighted by atomic mass is 9.88. The van der Waals surface area contributed by atoms with Crippen molar-refractivity contribution in [3.8, 4) is 28.5 Å². The normalized spacial score (nSPS) is 17.9. The van der Waals surface area contributed by atoms with Crippen LogP contribution in [0.1, 0.15) is 48.3 Å². The zero-order valence-corrected chi connectivity index (χ0v) is 22.9. The van der Waals surface area contributed by atoms with Crippen LogP contribution in [0.15, 0.2) is 42.5 Å². The Morgan fingerprint density at radius 1 is 1.18 bits per heavy atom. The molecular formula is C28H30Cl2N2O6. The molecule has 2 aromatic carbocycles. The van der Waals surface area contributed by atoms with Gasteiger partial charge in [0.05, 0.1) is 35.0 Å². The Bertz CT molecular complexity index is 1360. The van der Waals surface area contributed by atoms with E-state index in [0.29, 0.717) is 55.4 Å². The first-order valence-corrected chi connectivity index (χ1v) is 12.8. The summed E-state index contributed by atoms with van der Waals surface area (Å²) in [6.07, 6.45) is 0.149. The molecule has 4 N–H and O–H groups in total. The van der Waals surface area contributed by atoms with E-state index in [9.17, 15) is 9.90 Å². The first kappa shape index (κ1) is 28.1. The molecule has 1 aliphatic heterocycles. The number of hydrogen-bond acceptors (Lipinski definition) is 8. The van der Waals surface area contributed by atoms with Crippen molar-refractivity contribution in [3.63, 3.8) is 0 Å². The molecule has 0 radical (unpaired) electrons. The molecule has 0 saturated heterocycles. The van der Waals surface area contributed by atoms with Crippen LogP contribution in [0.5, 0.6) is 17.2 Å². The number of ketones is 1. The number of hydrogen-bond donors (Lipinski definition) is 3. The lowest BCUT2D eigenvalue weighted by molar-refractivity contribution is 0.0396. The highest BCUT2D eigenvalue weighted by Crippen LogP contribution is 2.44. The van der Waals surface area contributed by atoms with Crippen LogP contribution >= 0.6 is 23.2 Å². The van der Waals surface area contributed by atoms with Crippen LogP contribution in [0.25, 0.3) is 11.3 Å². The van der Waals surface area contributed by atoms with Crippen molar-refractivity contribution >= 4 is 29.0 Å². The molecule has 4 rings (SSSR count). The third kappa shape index (κ3) is 5.75. The predicted octanol–water partition coefficient (Wildman–Crippen LogP) is 4.87. The third-order valence-electron chi connectivity index (χ3n) is 6.52. The topological polar surface area (TPSA) is 124 Å². The van der Waals surface area contributed by atoms with E-state index in [1.807, 2.05) is 6.92 Å². The average Bonchev–Trinajstić information content (AvgIpc) is 3.21. The SMILES string of the molecule is COc1cc(C(=O)CCC(C)(O)c2cc3c(c(-c4ccc(Cl)c(Cl)c4)n2)OCC3(C)N)ccc1OCCO. The summed E-state index contributed by atoms with van der Waals surface area (Å²) in [6.45, 7) is 3.68. The molecule has 0 bridgehead atoms. The second-order valence-corrected chi connectivity index (χ2v) is 10.5. The Morgan fingerprint density at radius 3 is 2.63 bits per heavy atom. The molecular weight excluding hydrogens is 531 g/mol.